The van der Waals surface area contributed by atoms with E-state index in [-0.39, 0.29) is 0 Å². The van der Waals surface area contributed by atoms with Crippen LogP contribution >= 0.6 is 0 Å². The Balaban J connectivity index is 2.46. The van der Waals surface area contributed by atoms with Crippen LogP contribution in [0.5, 0.6) is 0 Å². The van der Waals surface area contributed by atoms with E-state index in [1.807, 2.05) is 13.8 Å². The Kier molecular flexibility index (Phi) is 3.91. The monoisotopic (exact) mass is 211 g/mol. The molecule has 0 unspecified atom stereocenters. The normalized spacial score (nSPS) is 22.7. The molecule has 15 heavy (non-hydrogen) atoms. The fraction of sp³-hybridized carbons (Fsp3) is 0.750. The van der Waals surface area contributed by atoms with Gasteiger partial charge in [0.1, 0.15) is 0 Å². The lowest BCUT2D eigenvalue weighted by Gasteiger charge is -2.36. The van der Waals surface area contributed by atoms with Crippen LogP contribution in [0.2, 0.25) is 0 Å². The van der Waals surface area contributed by atoms with Crippen molar-refractivity contribution in [1.82, 2.24) is 4.90 Å². The molecule has 3 nitrogen and oxygen atoms in total. The first kappa shape index (κ1) is 12.2. The van der Waals surface area contributed by atoms with Gasteiger partial charge in [-0.3, -0.25) is 9.69 Å². The van der Waals surface area contributed by atoms with Crippen molar-refractivity contribution in [2.75, 3.05) is 19.6 Å². The van der Waals surface area contributed by atoms with Crippen molar-refractivity contribution in [1.29, 1.82) is 0 Å². The lowest BCUT2D eigenvalue weighted by molar-refractivity contribution is -0.150. The summed E-state index contributed by atoms with van der Waals surface area (Å²) in [7, 11) is 0. The summed E-state index contributed by atoms with van der Waals surface area (Å²) in [4.78, 5) is 13.4. The van der Waals surface area contributed by atoms with Gasteiger partial charge in [-0.1, -0.05) is 11.6 Å². The maximum atomic E-state index is 11.0. The summed E-state index contributed by atoms with van der Waals surface area (Å²) < 4.78 is 0. The van der Waals surface area contributed by atoms with Crippen molar-refractivity contribution < 1.29 is 9.90 Å². The van der Waals surface area contributed by atoms with Gasteiger partial charge in [-0.25, -0.2) is 0 Å². The average molecular weight is 211 g/mol. The standard InChI is InChI=1S/C12H21NO2/c1-4-10(2)9-13-7-5-12(3,6-8-13)11(14)15/h4H,5-9H2,1-3H3,(H,14,15). The van der Waals surface area contributed by atoms with E-state index in [4.69, 9.17) is 5.11 Å². The third kappa shape index (κ3) is 3.06. The zero-order chi connectivity index (χ0) is 11.5. The number of aliphatic carboxylic acids is 1. The Bertz CT molecular complexity index is 263. The zero-order valence-corrected chi connectivity index (χ0v) is 9.92. The minimum Gasteiger partial charge on any atom is -0.481 e. The third-order valence-corrected chi connectivity index (χ3v) is 3.44. The number of allylic oxidation sites excluding steroid dienone is 1. The second-order valence-corrected chi connectivity index (χ2v) is 4.78. The Morgan fingerprint density at radius 2 is 2.00 bits per heavy atom. The molecule has 0 aromatic rings. The summed E-state index contributed by atoms with van der Waals surface area (Å²) in [6.45, 7) is 8.79. The Hall–Kier alpha value is -0.830. The molecule has 1 fully saturated rings. The maximum absolute atomic E-state index is 11.0. The number of carboxylic acid groups (broad SMARTS) is 1. The van der Waals surface area contributed by atoms with Crippen LogP contribution in [0.3, 0.4) is 0 Å². The van der Waals surface area contributed by atoms with E-state index in [2.05, 4.69) is 17.9 Å². The van der Waals surface area contributed by atoms with Gasteiger partial charge < -0.3 is 5.11 Å². The number of carboxylic acids is 1. The minimum atomic E-state index is -0.648. The van der Waals surface area contributed by atoms with E-state index in [0.717, 1.165) is 32.5 Å². The van der Waals surface area contributed by atoms with Gasteiger partial charge >= 0.3 is 5.97 Å². The van der Waals surface area contributed by atoms with Crippen LogP contribution in [-0.4, -0.2) is 35.6 Å². The summed E-state index contributed by atoms with van der Waals surface area (Å²) >= 11 is 0. The van der Waals surface area contributed by atoms with Crippen LogP contribution in [0.4, 0.5) is 0 Å². The largest absolute Gasteiger partial charge is 0.481 e. The quantitative estimate of drug-likeness (QED) is 0.727. The Morgan fingerprint density at radius 3 is 2.40 bits per heavy atom. The van der Waals surface area contributed by atoms with Crippen LogP contribution in [0.1, 0.15) is 33.6 Å². The van der Waals surface area contributed by atoms with Crippen LogP contribution in [0, 0.1) is 5.41 Å². The van der Waals surface area contributed by atoms with Gasteiger partial charge in [-0.2, -0.15) is 0 Å². The van der Waals surface area contributed by atoms with Crippen LogP contribution in [0.15, 0.2) is 11.6 Å². The highest BCUT2D eigenvalue weighted by Gasteiger charge is 2.36. The summed E-state index contributed by atoms with van der Waals surface area (Å²) in [5.41, 5.74) is 0.856. The Morgan fingerprint density at radius 1 is 1.47 bits per heavy atom. The molecular weight excluding hydrogens is 190 g/mol. The molecule has 0 atom stereocenters. The van der Waals surface area contributed by atoms with E-state index >= 15 is 0 Å². The van der Waals surface area contributed by atoms with Gasteiger partial charge in [0.25, 0.3) is 0 Å². The number of hydrogen-bond acceptors (Lipinski definition) is 2. The number of likely N-dealkylation sites (tertiary alicyclic amines) is 1. The first-order valence-corrected chi connectivity index (χ1v) is 5.55. The summed E-state index contributed by atoms with van der Waals surface area (Å²) in [5.74, 6) is -0.648. The Labute approximate surface area is 91.8 Å². The molecule has 0 radical (unpaired) electrons. The predicted octanol–water partition coefficient (Wildman–Crippen LogP) is 2.14. The molecule has 1 aliphatic heterocycles. The molecule has 0 aromatic heterocycles. The molecule has 1 N–H and O–H groups in total. The van der Waals surface area contributed by atoms with E-state index in [0.29, 0.717) is 0 Å². The fourth-order valence-corrected chi connectivity index (χ4v) is 1.86. The van der Waals surface area contributed by atoms with Gasteiger partial charge in [-0.05, 0) is 46.7 Å². The number of rotatable bonds is 3. The van der Waals surface area contributed by atoms with Gasteiger partial charge in [0.15, 0.2) is 0 Å². The molecule has 1 heterocycles. The predicted molar refractivity (Wildman–Crippen MR) is 60.8 cm³/mol. The van der Waals surface area contributed by atoms with E-state index in [1.165, 1.54) is 5.57 Å². The molecule has 0 bridgehead atoms. The molecular formula is C12H21NO2. The zero-order valence-electron chi connectivity index (χ0n) is 9.92. The lowest BCUT2D eigenvalue weighted by atomic mass is 9.80. The van der Waals surface area contributed by atoms with Crippen molar-refractivity contribution in [3.05, 3.63) is 11.6 Å². The molecule has 1 saturated heterocycles. The first-order valence-electron chi connectivity index (χ1n) is 5.55. The molecule has 0 aliphatic carbocycles. The third-order valence-electron chi connectivity index (χ3n) is 3.44. The summed E-state index contributed by atoms with van der Waals surface area (Å²) in [5, 5.41) is 9.08. The van der Waals surface area contributed by atoms with E-state index < -0.39 is 11.4 Å². The molecule has 0 saturated carbocycles. The lowest BCUT2D eigenvalue weighted by Crippen LogP contribution is -2.43. The van der Waals surface area contributed by atoms with Crippen molar-refractivity contribution in [3.8, 4) is 0 Å². The summed E-state index contributed by atoms with van der Waals surface area (Å²) in [6, 6.07) is 0. The highest BCUT2D eigenvalue weighted by Crippen LogP contribution is 2.31. The highest BCUT2D eigenvalue weighted by atomic mass is 16.4. The van der Waals surface area contributed by atoms with Gasteiger partial charge in [0.05, 0.1) is 5.41 Å². The second-order valence-electron chi connectivity index (χ2n) is 4.78. The van der Waals surface area contributed by atoms with Gasteiger partial charge in [-0.15, -0.1) is 0 Å². The number of hydrogen-bond donors (Lipinski definition) is 1. The first-order chi connectivity index (χ1) is 6.98. The van der Waals surface area contributed by atoms with Crippen LogP contribution in [-0.2, 0) is 4.79 Å². The maximum Gasteiger partial charge on any atom is 0.309 e. The van der Waals surface area contributed by atoms with Crippen molar-refractivity contribution >= 4 is 5.97 Å². The number of carbonyl (C=O) groups is 1. The fourth-order valence-electron chi connectivity index (χ4n) is 1.86. The number of piperidine rings is 1. The van der Waals surface area contributed by atoms with Crippen molar-refractivity contribution in [3.63, 3.8) is 0 Å². The molecule has 1 rings (SSSR count). The molecule has 0 aromatic carbocycles. The van der Waals surface area contributed by atoms with Gasteiger partial charge in [0.2, 0.25) is 0 Å². The molecule has 1 aliphatic rings. The molecule has 0 spiro atoms. The summed E-state index contributed by atoms with van der Waals surface area (Å²) in [6.07, 6.45) is 3.64. The van der Waals surface area contributed by atoms with Crippen molar-refractivity contribution in [2.24, 2.45) is 5.41 Å². The van der Waals surface area contributed by atoms with Crippen molar-refractivity contribution in [2.45, 2.75) is 33.6 Å². The van der Waals surface area contributed by atoms with E-state index in [1.54, 1.807) is 0 Å². The molecule has 3 heteroatoms. The van der Waals surface area contributed by atoms with Crippen LogP contribution < -0.4 is 0 Å². The second kappa shape index (κ2) is 4.79. The average Bonchev–Trinajstić information content (AvgIpc) is 2.21. The SMILES string of the molecule is CC=C(C)CN1CCC(C)(C(=O)O)CC1. The molecule has 86 valence electrons. The number of nitrogens with zero attached hydrogens (tertiary/aromatic N) is 1. The van der Waals surface area contributed by atoms with Gasteiger partial charge in [0, 0.05) is 6.54 Å². The highest BCUT2D eigenvalue weighted by molar-refractivity contribution is 5.74. The topological polar surface area (TPSA) is 40.5 Å². The van der Waals surface area contributed by atoms with Crippen LogP contribution in [0.25, 0.3) is 0 Å². The molecule has 0 amide bonds. The van der Waals surface area contributed by atoms with E-state index in [9.17, 15) is 4.79 Å². The smallest absolute Gasteiger partial charge is 0.309 e. The minimum absolute atomic E-state index is 0.500.